The molecule has 2 aliphatic heterocycles. The number of Topliss-reactive ketones (excluding diaryl/α,β-unsaturated/α-hetero) is 2. The van der Waals surface area contributed by atoms with Crippen LogP contribution in [0.5, 0.6) is 0 Å². The molecule has 14 nitrogen and oxygen atoms in total. The van der Waals surface area contributed by atoms with Gasteiger partial charge in [0.25, 0.3) is 0 Å². The molecule has 0 saturated heterocycles. The van der Waals surface area contributed by atoms with Gasteiger partial charge < -0.3 is 35.3 Å². The average Bonchev–Trinajstić information content (AvgIpc) is 3.93. The largest absolute Gasteiger partial charge is 0.363 e. The lowest BCUT2D eigenvalue weighted by atomic mass is 9.77. The Hall–Kier alpha value is -4.83. The van der Waals surface area contributed by atoms with Gasteiger partial charge in [-0.3, -0.25) is 19.2 Å². The Labute approximate surface area is 430 Å². The summed E-state index contributed by atoms with van der Waals surface area (Å²) in [5.74, 6) is 0.343. The Morgan fingerprint density at radius 2 is 1.22 bits per heavy atom. The Bertz CT molecular complexity index is 2350. The zero-order valence-corrected chi connectivity index (χ0v) is 45.2. The highest BCUT2D eigenvalue weighted by Crippen LogP contribution is 2.34. The zero-order chi connectivity index (χ0) is 51.3. The van der Waals surface area contributed by atoms with Gasteiger partial charge in [0, 0.05) is 83.9 Å². The van der Waals surface area contributed by atoms with Crippen molar-refractivity contribution in [1.82, 2.24) is 45.3 Å². The van der Waals surface area contributed by atoms with Crippen LogP contribution in [0.25, 0.3) is 22.8 Å². The summed E-state index contributed by atoms with van der Waals surface area (Å²) in [6.07, 6.45) is 2.31. The quantitative estimate of drug-likeness (QED) is 0.0412. The summed E-state index contributed by atoms with van der Waals surface area (Å²) < 4.78 is 4.26. The van der Waals surface area contributed by atoms with Gasteiger partial charge >= 0.3 is 0 Å². The number of imidazole rings is 2. The lowest BCUT2D eigenvalue weighted by Gasteiger charge is -2.32. The molecule has 6 rings (SSSR count). The molecule has 0 bridgehead atoms. The first kappa shape index (κ1) is 58.5. The number of aliphatic imine (C=N–C) groups is 1. The van der Waals surface area contributed by atoms with E-state index in [1.165, 1.54) is 0 Å². The highest BCUT2D eigenvalue weighted by Gasteiger charge is 2.37. The predicted molar refractivity (Wildman–Crippen MR) is 287 cm³/mol. The molecule has 0 fully saturated rings. The molecule has 2 aromatic heterocycles. The fourth-order valence-corrected chi connectivity index (χ4v) is 8.25. The minimum Gasteiger partial charge on any atom is -0.363 e. The van der Waals surface area contributed by atoms with Crippen molar-refractivity contribution < 1.29 is 19.2 Å². The molecule has 4 heterocycles. The molecule has 69 heavy (non-hydrogen) atoms. The van der Waals surface area contributed by atoms with Crippen molar-refractivity contribution in [3.05, 3.63) is 83.4 Å². The highest BCUT2D eigenvalue weighted by atomic mass is 35.5. The summed E-state index contributed by atoms with van der Waals surface area (Å²) >= 11 is 19.4. The van der Waals surface area contributed by atoms with Crippen molar-refractivity contribution in [1.29, 1.82) is 0 Å². The number of aromatic nitrogens is 4. The first-order valence-corrected chi connectivity index (χ1v) is 25.4. The van der Waals surface area contributed by atoms with Crippen LogP contribution in [0.1, 0.15) is 113 Å². The molecule has 376 valence electrons. The van der Waals surface area contributed by atoms with Crippen LogP contribution in [-0.2, 0) is 35.8 Å². The SMILES string of the molecule is CCCN=C=S.CCCNC(=S)N1CCn2c(-c3ccccc3)nc(C(=O)C[C@H](C(=O)NC)C(C)(C)C)c2C1.CNC(=O)[C@@H](CC(=O)c1nc(-c2ccccc2)n2c1CNCC2)C(C)(C)C.ClCCl. The van der Waals surface area contributed by atoms with Gasteiger partial charge in [-0.2, -0.15) is 0 Å². The molecule has 2 aromatic carbocycles. The maximum atomic E-state index is 13.6. The Morgan fingerprint density at radius 1 is 0.754 bits per heavy atom. The third-order valence-electron chi connectivity index (χ3n) is 11.7. The highest BCUT2D eigenvalue weighted by molar-refractivity contribution is 7.80. The number of benzene rings is 2. The van der Waals surface area contributed by atoms with Crippen LogP contribution in [0, 0.1) is 22.7 Å². The number of amides is 2. The second-order valence-electron chi connectivity index (χ2n) is 18.7. The van der Waals surface area contributed by atoms with E-state index in [0.717, 1.165) is 79.7 Å². The van der Waals surface area contributed by atoms with Crippen LogP contribution in [0.2, 0.25) is 0 Å². The Balaban J connectivity index is 0.000000315. The molecule has 0 unspecified atom stereocenters. The molecule has 4 N–H and O–H groups in total. The van der Waals surface area contributed by atoms with Crippen LogP contribution in [-0.4, -0.2) is 103 Å². The van der Waals surface area contributed by atoms with Gasteiger partial charge in [0.15, 0.2) is 16.7 Å². The van der Waals surface area contributed by atoms with Gasteiger partial charge in [-0.1, -0.05) is 116 Å². The minimum absolute atomic E-state index is 0.0758. The molecule has 0 saturated carbocycles. The fraction of sp³-hybridized carbons (Fsp3) is 0.529. The first-order chi connectivity index (χ1) is 32.8. The van der Waals surface area contributed by atoms with Gasteiger partial charge in [-0.05, 0) is 48.1 Å². The number of isothiocyanates is 1. The van der Waals surface area contributed by atoms with Crippen LogP contribution in [0.15, 0.2) is 65.7 Å². The lowest BCUT2D eigenvalue weighted by molar-refractivity contribution is -0.128. The normalized spacial score (nSPS) is 13.7. The third kappa shape index (κ3) is 16.9. The first-order valence-electron chi connectivity index (χ1n) is 23.5. The number of nitrogens with one attached hydrogen (secondary N) is 4. The van der Waals surface area contributed by atoms with Gasteiger partial charge in [-0.15, -0.1) is 23.2 Å². The fourth-order valence-electron chi connectivity index (χ4n) is 7.91. The second kappa shape index (κ2) is 28.7. The summed E-state index contributed by atoms with van der Waals surface area (Å²) in [7, 11) is 3.22. The third-order valence-corrected chi connectivity index (χ3v) is 12.2. The van der Waals surface area contributed by atoms with E-state index in [0.29, 0.717) is 36.1 Å². The second-order valence-corrected chi connectivity index (χ2v) is 20.1. The number of thiocarbonyl (C=S) groups is 2. The monoisotopic (exact) mass is 1020 g/mol. The number of alkyl halides is 2. The van der Waals surface area contributed by atoms with Gasteiger partial charge in [0.05, 0.1) is 40.3 Å². The molecule has 2 atom stereocenters. The minimum atomic E-state index is -0.445. The molecular weight excluding hydrogens is 952 g/mol. The number of carbonyl (C=O) groups is 4. The molecule has 0 radical (unpaired) electrons. The van der Waals surface area contributed by atoms with Crippen molar-refractivity contribution in [3.8, 4) is 22.8 Å². The number of carbonyl (C=O) groups excluding carboxylic acids is 4. The molecule has 4 aromatic rings. The number of hydrogen-bond donors (Lipinski definition) is 4. The summed E-state index contributed by atoms with van der Waals surface area (Å²) in [6, 6.07) is 19.8. The van der Waals surface area contributed by atoms with Gasteiger partial charge in [0.1, 0.15) is 23.0 Å². The molecule has 2 aliphatic rings. The lowest BCUT2D eigenvalue weighted by Crippen LogP contribution is -2.44. The number of nitrogens with zero attached hydrogens (tertiary/aromatic N) is 6. The molecule has 0 aliphatic carbocycles. The van der Waals surface area contributed by atoms with E-state index in [1.807, 2.05) is 102 Å². The van der Waals surface area contributed by atoms with Crippen molar-refractivity contribution in [2.75, 3.05) is 45.6 Å². The molecular formula is C51H72Cl2N10O4S2. The predicted octanol–water partition coefficient (Wildman–Crippen LogP) is 9.19. The van der Waals surface area contributed by atoms with Crippen LogP contribution < -0.4 is 21.3 Å². The van der Waals surface area contributed by atoms with Crippen molar-refractivity contribution in [2.24, 2.45) is 27.7 Å². The van der Waals surface area contributed by atoms with Crippen molar-refractivity contribution in [3.63, 3.8) is 0 Å². The number of halogens is 2. The van der Waals surface area contributed by atoms with Crippen molar-refractivity contribution >= 4 is 81.3 Å². The van der Waals surface area contributed by atoms with Crippen LogP contribution in [0.3, 0.4) is 0 Å². The van der Waals surface area contributed by atoms with E-state index in [1.54, 1.807) is 14.1 Å². The van der Waals surface area contributed by atoms with E-state index >= 15 is 0 Å². The van der Waals surface area contributed by atoms with E-state index in [2.05, 4.69) is 71.5 Å². The Morgan fingerprint density at radius 3 is 1.62 bits per heavy atom. The summed E-state index contributed by atoms with van der Waals surface area (Å²) in [4.78, 5) is 66.9. The standard InChI is InChI=1S/C25H35N5O2S.C21H28N4O2.C4H7NS.CH2Cl2/c1-6-12-27-24(33)29-13-14-30-19(16-29)21(28-22(30)17-10-8-7-9-11-17)20(31)15-18(23(32)26-5)25(2,3)4;1-21(2,3)15(20(27)22-4)12-17(26)18-16-13-23-10-11-25(16)19(24-18)14-8-6-5-7-9-14;1-2-3-5-4-6;2-1-3/h7-11,18H,6,12-16H2,1-5H3,(H,26,32)(H,27,33);5-9,15,23H,10-13H2,1-4H3,(H,22,27);2-3H2,1H3;1H2/t18-;15-;;/m11../s1. The maximum absolute atomic E-state index is 13.6. The molecule has 0 spiro atoms. The van der Waals surface area contributed by atoms with Gasteiger partial charge in [-0.25, -0.2) is 15.0 Å². The summed E-state index contributed by atoms with van der Waals surface area (Å²) in [6.45, 7) is 21.9. The zero-order valence-electron chi connectivity index (χ0n) is 42.0. The topological polar surface area (TPSA) is 168 Å². The molecule has 18 heteroatoms. The molecule has 2 amide bonds. The number of fused-ring (bicyclic) bond motifs is 2. The van der Waals surface area contributed by atoms with E-state index in [9.17, 15) is 19.2 Å². The van der Waals surface area contributed by atoms with Crippen molar-refractivity contribution in [2.45, 2.75) is 107 Å². The Kier molecular flexibility index (Phi) is 24.4. The number of hydrogen-bond acceptors (Lipinski definition) is 10. The van der Waals surface area contributed by atoms with E-state index in [-0.39, 0.29) is 52.4 Å². The summed E-state index contributed by atoms with van der Waals surface area (Å²) in [5.41, 5.74) is 4.00. The van der Waals surface area contributed by atoms with Crippen LogP contribution >= 0.6 is 47.6 Å². The summed E-state index contributed by atoms with van der Waals surface area (Å²) in [5, 5.41) is 15.2. The number of ketones is 2. The van der Waals surface area contributed by atoms with E-state index in [4.69, 9.17) is 45.4 Å². The maximum Gasteiger partial charge on any atom is 0.223 e. The van der Waals surface area contributed by atoms with Gasteiger partial charge in [0.2, 0.25) is 11.8 Å². The number of rotatable bonds is 14. The smallest absolute Gasteiger partial charge is 0.223 e. The average molecular weight is 1020 g/mol. The van der Waals surface area contributed by atoms with Crippen LogP contribution in [0.4, 0.5) is 0 Å². The van der Waals surface area contributed by atoms with E-state index < -0.39 is 11.8 Å².